The third-order valence-corrected chi connectivity index (χ3v) is 3.85. The van der Waals surface area contributed by atoms with Crippen LogP contribution in [0.4, 0.5) is 11.6 Å². The predicted molar refractivity (Wildman–Crippen MR) is 102 cm³/mol. The number of aryl methyl sites for hydroxylation is 2. The molecule has 5 heteroatoms. The fourth-order valence-corrected chi connectivity index (χ4v) is 2.60. The van der Waals surface area contributed by atoms with Crippen LogP contribution in [0, 0.1) is 6.92 Å². The van der Waals surface area contributed by atoms with Crippen LogP contribution in [0.3, 0.4) is 0 Å². The number of benzene rings is 1. The lowest BCUT2D eigenvalue weighted by Gasteiger charge is -2.10. The Morgan fingerprint density at radius 2 is 1.56 bits per heavy atom. The molecule has 0 saturated carbocycles. The lowest BCUT2D eigenvalue weighted by molar-refractivity contribution is 0.856. The number of pyridine rings is 1. The monoisotopic (exact) mass is 333 g/mol. The quantitative estimate of drug-likeness (QED) is 0.613. The Balaban J connectivity index is 1.50. The molecular formula is C20H23N5. The van der Waals surface area contributed by atoms with Crippen LogP contribution < -0.4 is 10.6 Å². The topological polar surface area (TPSA) is 62.7 Å². The molecule has 2 aromatic heterocycles. The van der Waals surface area contributed by atoms with Crippen LogP contribution >= 0.6 is 0 Å². The molecule has 0 aliphatic rings. The number of aromatic nitrogens is 3. The van der Waals surface area contributed by atoms with Gasteiger partial charge in [-0.15, -0.1) is 0 Å². The van der Waals surface area contributed by atoms with E-state index in [-0.39, 0.29) is 0 Å². The van der Waals surface area contributed by atoms with Crippen LogP contribution in [0.2, 0.25) is 0 Å². The molecule has 3 aromatic rings. The third kappa shape index (κ3) is 5.57. The van der Waals surface area contributed by atoms with Gasteiger partial charge in [0, 0.05) is 31.5 Å². The van der Waals surface area contributed by atoms with Crippen LogP contribution in [0.25, 0.3) is 0 Å². The average Bonchev–Trinajstić information content (AvgIpc) is 2.65. The summed E-state index contributed by atoms with van der Waals surface area (Å²) in [6.07, 6.45) is 5.71. The van der Waals surface area contributed by atoms with E-state index in [0.717, 1.165) is 36.8 Å². The van der Waals surface area contributed by atoms with E-state index in [9.17, 15) is 0 Å². The van der Waals surface area contributed by atoms with Gasteiger partial charge in [0.05, 0.1) is 0 Å². The lowest BCUT2D eigenvalue weighted by atomic mass is 10.1. The zero-order chi connectivity index (χ0) is 17.3. The molecule has 25 heavy (non-hydrogen) atoms. The third-order valence-electron chi connectivity index (χ3n) is 3.85. The van der Waals surface area contributed by atoms with Gasteiger partial charge in [-0.05, 0) is 43.0 Å². The summed E-state index contributed by atoms with van der Waals surface area (Å²) in [6.45, 7) is 3.51. The number of hydrogen-bond acceptors (Lipinski definition) is 5. The Labute approximate surface area is 148 Å². The molecule has 0 fully saturated rings. The summed E-state index contributed by atoms with van der Waals surface area (Å²) in [5.74, 6) is 2.44. The summed E-state index contributed by atoms with van der Waals surface area (Å²) < 4.78 is 0. The van der Waals surface area contributed by atoms with Crippen molar-refractivity contribution in [3.05, 3.63) is 77.9 Å². The smallest absolute Gasteiger partial charge is 0.132 e. The molecular weight excluding hydrogens is 310 g/mol. The number of nitrogens with one attached hydrogen (secondary N) is 2. The normalized spacial score (nSPS) is 10.4. The molecule has 0 aliphatic heterocycles. The van der Waals surface area contributed by atoms with Crippen LogP contribution in [0.1, 0.15) is 23.4 Å². The fraction of sp³-hybridized carbons (Fsp3) is 0.250. The van der Waals surface area contributed by atoms with Gasteiger partial charge in [0.1, 0.15) is 17.5 Å². The van der Waals surface area contributed by atoms with Gasteiger partial charge >= 0.3 is 0 Å². The van der Waals surface area contributed by atoms with Crippen LogP contribution in [0.5, 0.6) is 0 Å². The average molecular weight is 333 g/mol. The summed E-state index contributed by atoms with van der Waals surface area (Å²) in [5, 5.41) is 6.73. The van der Waals surface area contributed by atoms with Crippen molar-refractivity contribution in [3.63, 3.8) is 0 Å². The molecule has 0 atom stereocenters. The molecule has 0 aliphatic carbocycles. The van der Waals surface area contributed by atoms with Gasteiger partial charge in [0.25, 0.3) is 0 Å². The van der Waals surface area contributed by atoms with Crippen molar-refractivity contribution in [1.82, 2.24) is 15.0 Å². The Bertz CT molecular complexity index is 775. The van der Waals surface area contributed by atoms with Gasteiger partial charge in [0.15, 0.2) is 0 Å². The Morgan fingerprint density at radius 1 is 0.840 bits per heavy atom. The summed E-state index contributed by atoms with van der Waals surface area (Å²) in [6, 6.07) is 16.5. The first-order valence-corrected chi connectivity index (χ1v) is 8.56. The maximum Gasteiger partial charge on any atom is 0.132 e. The van der Waals surface area contributed by atoms with Crippen molar-refractivity contribution in [3.8, 4) is 0 Å². The first-order valence-electron chi connectivity index (χ1n) is 8.56. The van der Waals surface area contributed by atoms with Gasteiger partial charge in [-0.1, -0.05) is 30.3 Å². The van der Waals surface area contributed by atoms with E-state index < -0.39 is 0 Å². The minimum atomic E-state index is 0.715. The van der Waals surface area contributed by atoms with E-state index in [1.54, 1.807) is 12.4 Å². The maximum absolute atomic E-state index is 4.46. The Kier molecular flexibility index (Phi) is 5.93. The molecule has 0 bridgehead atoms. The van der Waals surface area contributed by atoms with Gasteiger partial charge in [-0.25, -0.2) is 9.97 Å². The Morgan fingerprint density at radius 3 is 2.32 bits per heavy atom. The predicted octanol–water partition coefficient (Wildman–Crippen LogP) is 3.84. The molecule has 3 rings (SSSR count). The molecule has 0 saturated heterocycles. The molecule has 0 radical (unpaired) electrons. The minimum Gasteiger partial charge on any atom is -0.370 e. The summed E-state index contributed by atoms with van der Waals surface area (Å²) in [7, 11) is 0. The summed E-state index contributed by atoms with van der Waals surface area (Å²) in [4.78, 5) is 12.9. The van der Waals surface area contributed by atoms with Crippen LogP contribution in [-0.4, -0.2) is 21.5 Å². The van der Waals surface area contributed by atoms with Gasteiger partial charge in [0.2, 0.25) is 0 Å². The van der Waals surface area contributed by atoms with Crippen LogP contribution in [0.15, 0.2) is 60.9 Å². The maximum atomic E-state index is 4.46. The van der Waals surface area contributed by atoms with Crippen molar-refractivity contribution in [2.45, 2.75) is 26.3 Å². The second kappa shape index (κ2) is 8.78. The largest absolute Gasteiger partial charge is 0.370 e. The molecule has 128 valence electrons. The van der Waals surface area contributed by atoms with Crippen LogP contribution in [-0.2, 0) is 13.0 Å². The standard InChI is InChI=1S/C20H23N5/c1-16-24-19(22-11-5-8-17-6-3-2-4-7-17)14-20(25-16)23-15-18-9-12-21-13-10-18/h2-4,6-7,9-10,12-14H,5,8,11,15H2,1H3,(H2,22,23,24,25). The van der Waals surface area contributed by atoms with Gasteiger partial charge in [-0.3, -0.25) is 4.98 Å². The van der Waals surface area contributed by atoms with E-state index in [2.05, 4.69) is 49.9 Å². The highest BCUT2D eigenvalue weighted by atomic mass is 15.1. The number of anilines is 2. The molecule has 2 N–H and O–H groups in total. The van der Waals surface area contributed by atoms with Crippen molar-refractivity contribution < 1.29 is 0 Å². The molecule has 2 heterocycles. The van der Waals surface area contributed by atoms with E-state index in [1.807, 2.05) is 31.2 Å². The summed E-state index contributed by atoms with van der Waals surface area (Å²) >= 11 is 0. The lowest BCUT2D eigenvalue weighted by Crippen LogP contribution is -2.08. The molecule has 5 nitrogen and oxygen atoms in total. The van der Waals surface area contributed by atoms with Crippen molar-refractivity contribution in [2.75, 3.05) is 17.2 Å². The van der Waals surface area contributed by atoms with Gasteiger partial charge < -0.3 is 10.6 Å². The van der Waals surface area contributed by atoms with Crippen molar-refractivity contribution >= 4 is 11.6 Å². The van der Waals surface area contributed by atoms with E-state index >= 15 is 0 Å². The highest BCUT2D eigenvalue weighted by molar-refractivity contribution is 5.47. The second-order valence-electron chi connectivity index (χ2n) is 5.91. The Hall–Kier alpha value is -2.95. The second-order valence-corrected chi connectivity index (χ2v) is 5.91. The van der Waals surface area contributed by atoms with Crippen molar-refractivity contribution in [1.29, 1.82) is 0 Å². The van der Waals surface area contributed by atoms with E-state index in [1.165, 1.54) is 11.1 Å². The van der Waals surface area contributed by atoms with E-state index in [4.69, 9.17) is 0 Å². The number of hydrogen-bond donors (Lipinski definition) is 2. The summed E-state index contributed by atoms with van der Waals surface area (Å²) in [5.41, 5.74) is 2.53. The van der Waals surface area contributed by atoms with Crippen molar-refractivity contribution in [2.24, 2.45) is 0 Å². The highest BCUT2D eigenvalue weighted by Crippen LogP contribution is 2.13. The number of nitrogens with zero attached hydrogens (tertiary/aromatic N) is 3. The molecule has 1 aromatic carbocycles. The molecule has 0 amide bonds. The molecule has 0 unspecified atom stereocenters. The van der Waals surface area contributed by atoms with E-state index in [0.29, 0.717) is 6.54 Å². The zero-order valence-electron chi connectivity index (χ0n) is 14.4. The highest BCUT2D eigenvalue weighted by Gasteiger charge is 2.02. The first-order chi connectivity index (χ1) is 12.3. The first kappa shape index (κ1) is 16.9. The minimum absolute atomic E-state index is 0.715. The zero-order valence-corrected chi connectivity index (χ0v) is 14.4. The number of rotatable bonds is 8. The SMILES string of the molecule is Cc1nc(NCCCc2ccccc2)cc(NCc2ccncc2)n1. The van der Waals surface area contributed by atoms with Gasteiger partial charge in [-0.2, -0.15) is 0 Å². The fourth-order valence-electron chi connectivity index (χ4n) is 2.60. The molecule has 0 spiro atoms.